The number of hydrogen-bond acceptors (Lipinski definition) is 1. The van der Waals surface area contributed by atoms with Gasteiger partial charge in [0.25, 0.3) is 0 Å². The van der Waals surface area contributed by atoms with Crippen LogP contribution in [0.25, 0.3) is 0 Å². The van der Waals surface area contributed by atoms with Crippen molar-refractivity contribution in [2.45, 2.75) is 0 Å². The summed E-state index contributed by atoms with van der Waals surface area (Å²) in [5.41, 5.74) is 0.986. The quantitative estimate of drug-likeness (QED) is 0.475. The van der Waals surface area contributed by atoms with Crippen LogP contribution in [0, 0.1) is 6.42 Å². The third-order valence-electron chi connectivity index (χ3n) is 0.914. The molecule has 1 nitrogen and oxygen atoms in total. The van der Waals surface area contributed by atoms with Crippen LogP contribution in [0.15, 0.2) is 23.8 Å². The van der Waals surface area contributed by atoms with Gasteiger partial charge in [-0.15, -0.1) is 0 Å². The predicted molar refractivity (Wildman–Crippen MR) is 28.6 cm³/mol. The lowest BCUT2D eigenvalue weighted by Crippen LogP contribution is -1.80. The second-order valence-corrected chi connectivity index (χ2v) is 1.45. The molecule has 0 atom stereocenters. The predicted octanol–water partition coefficient (Wildman–Crippen LogP) is 0.679. The summed E-state index contributed by atoms with van der Waals surface area (Å²) in [5.74, 6) is 0. The first-order valence-electron chi connectivity index (χ1n) is 2.25. The molecule has 0 fully saturated rings. The second-order valence-electron chi connectivity index (χ2n) is 1.45. The molecule has 1 heteroatoms. The maximum absolute atomic E-state index is 8.43. The number of rotatable bonds is 1. The highest BCUT2D eigenvalue weighted by Crippen LogP contribution is 2.04. The van der Waals surface area contributed by atoms with Gasteiger partial charge >= 0.3 is 0 Å². The summed E-state index contributed by atoms with van der Waals surface area (Å²) in [7, 11) is 0. The molecule has 1 aliphatic carbocycles. The molecule has 0 saturated heterocycles. The molecule has 0 aromatic carbocycles. The average molecular weight is 95.1 g/mol. The fourth-order valence-corrected chi connectivity index (χ4v) is 0.519. The molecule has 0 radical (unpaired) electrons. The van der Waals surface area contributed by atoms with E-state index in [0.29, 0.717) is 0 Å². The lowest BCUT2D eigenvalue weighted by molar-refractivity contribution is 0.335. The molecule has 0 bridgehead atoms. The zero-order chi connectivity index (χ0) is 5.11. The van der Waals surface area contributed by atoms with Gasteiger partial charge in [-0.2, -0.15) is 0 Å². The third-order valence-corrected chi connectivity index (χ3v) is 0.914. The summed E-state index contributed by atoms with van der Waals surface area (Å²) in [4.78, 5) is 0. The van der Waals surface area contributed by atoms with Gasteiger partial charge in [-0.25, -0.2) is 0 Å². The number of allylic oxidation sites excluding steroid dienone is 2. The van der Waals surface area contributed by atoms with E-state index in [1.807, 2.05) is 24.6 Å². The van der Waals surface area contributed by atoms with Crippen molar-refractivity contribution < 1.29 is 5.11 Å². The molecule has 1 N–H and O–H groups in total. The van der Waals surface area contributed by atoms with Gasteiger partial charge in [0, 0.05) is 6.42 Å². The van der Waals surface area contributed by atoms with Crippen LogP contribution < -0.4 is 0 Å². The van der Waals surface area contributed by atoms with E-state index in [1.54, 1.807) is 0 Å². The summed E-state index contributed by atoms with van der Waals surface area (Å²) >= 11 is 0. The van der Waals surface area contributed by atoms with Gasteiger partial charge in [0.15, 0.2) is 0 Å². The van der Waals surface area contributed by atoms with E-state index < -0.39 is 0 Å². The Hall–Kier alpha value is -0.690. The molecule has 0 saturated carbocycles. The van der Waals surface area contributed by atoms with E-state index in [2.05, 4.69) is 0 Å². The lowest BCUT2D eigenvalue weighted by Gasteiger charge is -1.73. The minimum Gasteiger partial charge on any atom is -0.377 e. The molecule has 0 aromatic rings. The Bertz CT molecular complexity index is 111. The first-order valence-corrected chi connectivity index (χ1v) is 2.25. The van der Waals surface area contributed by atoms with Crippen LogP contribution in [0.4, 0.5) is 0 Å². The number of aliphatic hydroxyl groups excluding tert-OH is 1. The molecule has 1 rings (SSSR count). The first kappa shape index (κ1) is 4.47. The third kappa shape index (κ3) is 0.842. The van der Waals surface area contributed by atoms with E-state index >= 15 is 0 Å². The molecule has 0 aromatic heterocycles. The van der Waals surface area contributed by atoms with E-state index in [4.69, 9.17) is 5.11 Å². The lowest BCUT2D eigenvalue weighted by atomic mass is 10.3. The Morgan fingerprint density at radius 1 is 1.71 bits per heavy atom. The van der Waals surface area contributed by atoms with Crippen molar-refractivity contribution in [2.75, 3.05) is 6.61 Å². The summed E-state index contributed by atoms with van der Waals surface area (Å²) in [5, 5.41) is 8.43. The zero-order valence-corrected chi connectivity index (χ0v) is 3.96. The molecule has 0 unspecified atom stereocenters. The first-order chi connectivity index (χ1) is 3.43. The van der Waals surface area contributed by atoms with Crippen LogP contribution in [-0.2, 0) is 0 Å². The highest BCUT2D eigenvalue weighted by molar-refractivity contribution is 5.33. The molecule has 7 heavy (non-hydrogen) atoms. The van der Waals surface area contributed by atoms with Crippen molar-refractivity contribution in [3.05, 3.63) is 30.2 Å². The highest BCUT2D eigenvalue weighted by Gasteiger charge is 2.02. The van der Waals surface area contributed by atoms with Crippen LogP contribution in [0.2, 0.25) is 0 Å². The van der Waals surface area contributed by atoms with Gasteiger partial charge in [-0.05, 0) is 0 Å². The summed E-state index contributed by atoms with van der Waals surface area (Å²) in [6.45, 7) is 0.160. The highest BCUT2D eigenvalue weighted by atomic mass is 16.3. The van der Waals surface area contributed by atoms with Gasteiger partial charge in [0.2, 0.25) is 0 Å². The van der Waals surface area contributed by atoms with E-state index in [0.717, 1.165) is 5.57 Å². The molecular formula is C6H7O+. The maximum Gasteiger partial charge on any atom is 0.124 e. The summed E-state index contributed by atoms with van der Waals surface area (Å²) < 4.78 is 0. The molecular weight excluding hydrogens is 88.1 g/mol. The van der Waals surface area contributed by atoms with E-state index in [9.17, 15) is 0 Å². The van der Waals surface area contributed by atoms with Gasteiger partial charge in [-0.3, -0.25) is 0 Å². The Labute approximate surface area is 43.0 Å². The van der Waals surface area contributed by atoms with Crippen molar-refractivity contribution in [3.8, 4) is 0 Å². The van der Waals surface area contributed by atoms with Gasteiger partial charge in [-0.1, -0.05) is 0 Å². The molecule has 0 spiro atoms. The Morgan fingerprint density at radius 2 is 2.57 bits per heavy atom. The summed E-state index contributed by atoms with van der Waals surface area (Å²) in [6.07, 6.45) is 7.59. The van der Waals surface area contributed by atoms with Gasteiger partial charge in [0.05, 0.1) is 18.2 Å². The molecule has 0 amide bonds. The largest absolute Gasteiger partial charge is 0.377 e. The summed E-state index contributed by atoms with van der Waals surface area (Å²) in [6, 6.07) is 0. The standard InChI is InChI=1S/C6H7O/c7-5-6-3-1-2-4-6/h1-4,7H,5H2/q+1. The second kappa shape index (κ2) is 1.85. The average Bonchev–Trinajstić information content (AvgIpc) is 2.14. The zero-order valence-electron chi connectivity index (χ0n) is 3.96. The SMILES string of the molecule is OCC1=C[CH+]C=C1. The Kier molecular flexibility index (Phi) is 1.18. The van der Waals surface area contributed by atoms with Crippen molar-refractivity contribution in [1.29, 1.82) is 0 Å². The smallest absolute Gasteiger partial charge is 0.124 e. The Balaban J connectivity index is 2.52. The number of aliphatic hydroxyl groups is 1. The van der Waals surface area contributed by atoms with Crippen LogP contribution in [0.1, 0.15) is 0 Å². The molecule has 36 valence electrons. The monoisotopic (exact) mass is 95.0 g/mol. The van der Waals surface area contributed by atoms with Crippen molar-refractivity contribution >= 4 is 0 Å². The topological polar surface area (TPSA) is 20.2 Å². The van der Waals surface area contributed by atoms with Crippen LogP contribution >= 0.6 is 0 Å². The van der Waals surface area contributed by atoms with Gasteiger partial charge in [0.1, 0.15) is 12.2 Å². The Morgan fingerprint density at radius 3 is 2.86 bits per heavy atom. The minimum absolute atomic E-state index is 0.160. The van der Waals surface area contributed by atoms with Crippen molar-refractivity contribution in [2.24, 2.45) is 0 Å². The number of hydrogen-bond donors (Lipinski definition) is 1. The van der Waals surface area contributed by atoms with Crippen LogP contribution in [0.5, 0.6) is 0 Å². The minimum atomic E-state index is 0.160. The normalized spacial score (nSPS) is 16.4. The van der Waals surface area contributed by atoms with E-state index in [-0.39, 0.29) is 6.61 Å². The molecule has 1 aliphatic rings. The molecule has 0 aliphatic heterocycles. The molecule has 0 heterocycles. The fraction of sp³-hybridized carbons (Fsp3) is 0.167. The van der Waals surface area contributed by atoms with Crippen LogP contribution in [-0.4, -0.2) is 11.7 Å². The fourth-order valence-electron chi connectivity index (χ4n) is 0.519. The van der Waals surface area contributed by atoms with Gasteiger partial charge < -0.3 is 5.11 Å². The van der Waals surface area contributed by atoms with Crippen LogP contribution in [0.3, 0.4) is 0 Å². The van der Waals surface area contributed by atoms with Crippen molar-refractivity contribution in [3.63, 3.8) is 0 Å². The van der Waals surface area contributed by atoms with Crippen molar-refractivity contribution in [1.82, 2.24) is 0 Å². The van der Waals surface area contributed by atoms with E-state index in [1.165, 1.54) is 0 Å². The maximum atomic E-state index is 8.43.